The van der Waals surface area contributed by atoms with Crippen LogP contribution < -0.4 is 5.32 Å². The van der Waals surface area contributed by atoms with Crippen molar-refractivity contribution >= 4 is 28.7 Å². The van der Waals surface area contributed by atoms with Crippen molar-refractivity contribution in [1.82, 2.24) is 24.7 Å². The number of nitrogens with one attached hydrogen (secondary N) is 1. The molecule has 9 heteroatoms. The summed E-state index contributed by atoms with van der Waals surface area (Å²) in [5.74, 6) is -2.76. The van der Waals surface area contributed by atoms with Gasteiger partial charge in [-0.2, -0.15) is 8.78 Å². The smallest absolute Gasteiger partial charge is 0.291 e. The number of hydrogen-bond acceptors (Lipinski definition) is 5. The monoisotopic (exact) mass is 397 g/mol. The third-order valence-corrected chi connectivity index (χ3v) is 5.39. The Hall–Kier alpha value is -1.71. The highest BCUT2D eigenvalue weighted by atomic mass is 32.2. The van der Waals surface area contributed by atoms with Gasteiger partial charge >= 0.3 is 0 Å². The maximum Gasteiger partial charge on any atom is 0.291 e. The lowest BCUT2D eigenvalue weighted by atomic mass is 10.3. The minimum atomic E-state index is -2.58. The number of rotatable bonds is 8. The van der Waals surface area contributed by atoms with Gasteiger partial charge in [0.2, 0.25) is 5.91 Å². The number of carbonyl (C=O) groups is 1. The second-order valence-electron chi connectivity index (χ2n) is 6.70. The van der Waals surface area contributed by atoms with Crippen molar-refractivity contribution in [2.45, 2.75) is 23.9 Å². The molecule has 0 spiro atoms. The molecule has 0 aliphatic carbocycles. The van der Waals surface area contributed by atoms with Crippen molar-refractivity contribution in [3.63, 3.8) is 0 Å². The van der Waals surface area contributed by atoms with Crippen LogP contribution in [0, 0.1) is 0 Å². The van der Waals surface area contributed by atoms with Crippen molar-refractivity contribution < 1.29 is 13.6 Å². The fraction of sp³-hybridized carbons (Fsp3) is 0.556. The van der Waals surface area contributed by atoms with Crippen molar-refractivity contribution in [2.24, 2.45) is 0 Å². The number of piperazine rings is 1. The maximum atomic E-state index is 12.8. The molecule has 1 aromatic carbocycles. The van der Waals surface area contributed by atoms with Gasteiger partial charge in [0.25, 0.3) is 5.76 Å². The molecule has 0 atom stereocenters. The van der Waals surface area contributed by atoms with E-state index < -0.39 is 5.76 Å². The highest BCUT2D eigenvalue weighted by molar-refractivity contribution is 7.99. The number of nitrogens with zero attached hydrogens (tertiary/aromatic N) is 4. The van der Waals surface area contributed by atoms with Crippen LogP contribution in [0.3, 0.4) is 0 Å². The van der Waals surface area contributed by atoms with E-state index in [0.29, 0.717) is 29.3 Å². The second kappa shape index (κ2) is 9.48. The molecule has 1 N–H and O–H groups in total. The lowest BCUT2D eigenvalue weighted by Crippen LogP contribution is -2.45. The molecule has 0 radical (unpaired) electrons. The van der Waals surface area contributed by atoms with Crippen LogP contribution in [-0.2, 0) is 11.3 Å². The summed E-state index contributed by atoms with van der Waals surface area (Å²) in [5, 5.41) is 3.06. The Morgan fingerprint density at radius 2 is 2.00 bits per heavy atom. The summed E-state index contributed by atoms with van der Waals surface area (Å²) in [6.07, 6.45) is 0.874. The molecule has 148 valence electrons. The molecule has 0 saturated carbocycles. The fourth-order valence-electron chi connectivity index (χ4n) is 3.18. The molecule has 1 fully saturated rings. The van der Waals surface area contributed by atoms with Crippen LogP contribution in [0.25, 0.3) is 11.0 Å². The average Bonchev–Trinajstić information content (AvgIpc) is 2.97. The molecule has 3 rings (SSSR count). The molecule has 1 aliphatic rings. The van der Waals surface area contributed by atoms with Gasteiger partial charge in [-0.1, -0.05) is 12.1 Å². The fourth-order valence-corrected chi connectivity index (χ4v) is 3.78. The van der Waals surface area contributed by atoms with Gasteiger partial charge in [-0.3, -0.25) is 4.79 Å². The Balaban J connectivity index is 1.51. The second-order valence-corrected chi connectivity index (χ2v) is 7.65. The number of para-hydroxylation sites is 2. The maximum absolute atomic E-state index is 12.8. The lowest BCUT2D eigenvalue weighted by Gasteiger charge is -2.32. The standard InChI is InChI=1S/C18H25F2N5OS/c1-23-9-11-24(12-10-23)8-4-7-21-16(26)13-25-15-6-3-2-5-14(15)22-18(25)27-17(19)20/h2-3,5-6,17H,4,7-13H2,1H3,(H,21,26). The Kier molecular flexibility index (Phi) is 7.03. The van der Waals surface area contributed by atoms with Crippen LogP contribution in [0.4, 0.5) is 8.78 Å². The highest BCUT2D eigenvalue weighted by Crippen LogP contribution is 2.28. The van der Waals surface area contributed by atoms with Gasteiger partial charge in [0, 0.05) is 32.7 Å². The third-order valence-electron chi connectivity index (χ3n) is 4.68. The number of benzene rings is 1. The van der Waals surface area contributed by atoms with E-state index in [-0.39, 0.29) is 17.6 Å². The van der Waals surface area contributed by atoms with Crippen molar-refractivity contribution in [2.75, 3.05) is 46.3 Å². The van der Waals surface area contributed by atoms with Gasteiger partial charge in [0.1, 0.15) is 6.54 Å². The van der Waals surface area contributed by atoms with E-state index in [1.807, 2.05) is 6.07 Å². The molecule has 0 unspecified atom stereocenters. The molecule has 1 aliphatic heterocycles. The molecule has 1 aromatic heterocycles. The minimum absolute atomic E-state index is 0.00985. The highest BCUT2D eigenvalue weighted by Gasteiger charge is 2.18. The number of halogens is 2. The summed E-state index contributed by atoms with van der Waals surface area (Å²) in [6, 6.07) is 7.16. The largest absolute Gasteiger partial charge is 0.355 e. The molecule has 1 amide bonds. The SMILES string of the molecule is CN1CCN(CCCNC(=O)Cn2c(SC(F)F)nc3ccccc32)CC1. The van der Waals surface area contributed by atoms with E-state index in [0.717, 1.165) is 39.1 Å². The number of carbonyl (C=O) groups excluding carboxylic acids is 1. The van der Waals surface area contributed by atoms with Crippen LogP contribution in [0.2, 0.25) is 0 Å². The van der Waals surface area contributed by atoms with E-state index in [9.17, 15) is 13.6 Å². The van der Waals surface area contributed by atoms with Crippen molar-refractivity contribution in [3.8, 4) is 0 Å². The van der Waals surface area contributed by atoms with Crippen LogP contribution in [0.15, 0.2) is 29.4 Å². The molecule has 27 heavy (non-hydrogen) atoms. The Morgan fingerprint density at radius 3 is 2.74 bits per heavy atom. The van der Waals surface area contributed by atoms with E-state index in [1.54, 1.807) is 22.8 Å². The summed E-state index contributed by atoms with van der Waals surface area (Å²) >= 11 is 0.368. The van der Waals surface area contributed by atoms with E-state index in [2.05, 4.69) is 27.1 Å². The first-order valence-electron chi connectivity index (χ1n) is 9.10. The predicted molar refractivity (Wildman–Crippen MR) is 103 cm³/mol. The van der Waals surface area contributed by atoms with Gasteiger partial charge in [-0.05, 0) is 43.9 Å². The van der Waals surface area contributed by atoms with Crippen LogP contribution >= 0.6 is 11.8 Å². The van der Waals surface area contributed by atoms with Gasteiger partial charge < -0.3 is 19.7 Å². The normalized spacial score (nSPS) is 16.3. The van der Waals surface area contributed by atoms with E-state index >= 15 is 0 Å². The molecular formula is C18H25F2N5OS. The van der Waals surface area contributed by atoms with Crippen molar-refractivity contribution in [3.05, 3.63) is 24.3 Å². The van der Waals surface area contributed by atoms with Gasteiger partial charge in [-0.25, -0.2) is 4.98 Å². The average molecular weight is 397 g/mol. The summed E-state index contributed by atoms with van der Waals surface area (Å²) < 4.78 is 27.2. The van der Waals surface area contributed by atoms with Gasteiger partial charge in [-0.15, -0.1) is 0 Å². The number of imidazole rings is 1. The van der Waals surface area contributed by atoms with Crippen LogP contribution in [0.5, 0.6) is 0 Å². The number of aromatic nitrogens is 2. The number of likely N-dealkylation sites (N-methyl/N-ethyl adjacent to an activating group) is 1. The molecule has 2 aromatic rings. The first-order valence-corrected chi connectivity index (χ1v) is 9.98. The summed E-state index contributed by atoms with van der Waals surface area (Å²) in [4.78, 5) is 21.2. The minimum Gasteiger partial charge on any atom is -0.355 e. The van der Waals surface area contributed by atoms with Crippen LogP contribution in [-0.4, -0.2) is 77.3 Å². The number of fused-ring (bicyclic) bond motifs is 1. The van der Waals surface area contributed by atoms with Gasteiger partial charge in [0.15, 0.2) is 5.16 Å². The number of thioether (sulfide) groups is 1. The topological polar surface area (TPSA) is 53.4 Å². The lowest BCUT2D eigenvalue weighted by molar-refractivity contribution is -0.121. The first kappa shape index (κ1) is 20.0. The van der Waals surface area contributed by atoms with Crippen molar-refractivity contribution in [1.29, 1.82) is 0 Å². The molecule has 1 saturated heterocycles. The zero-order valence-electron chi connectivity index (χ0n) is 15.4. The summed E-state index contributed by atoms with van der Waals surface area (Å²) in [6.45, 7) is 5.78. The predicted octanol–water partition coefficient (Wildman–Crippen LogP) is 2.10. The first-order chi connectivity index (χ1) is 13.0. The van der Waals surface area contributed by atoms with E-state index in [1.165, 1.54) is 0 Å². The van der Waals surface area contributed by atoms with Gasteiger partial charge in [0.05, 0.1) is 11.0 Å². The Labute approximate surface area is 161 Å². The quantitative estimate of drug-likeness (QED) is 0.546. The zero-order chi connectivity index (χ0) is 19.2. The molecular weight excluding hydrogens is 372 g/mol. The number of amides is 1. The van der Waals surface area contributed by atoms with E-state index in [4.69, 9.17) is 0 Å². The Morgan fingerprint density at radius 1 is 1.26 bits per heavy atom. The number of hydrogen-bond donors (Lipinski definition) is 1. The number of alkyl halides is 2. The van der Waals surface area contributed by atoms with Crippen LogP contribution in [0.1, 0.15) is 6.42 Å². The molecule has 2 heterocycles. The third kappa shape index (κ3) is 5.63. The Bertz CT molecular complexity index is 761. The summed E-state index contributed by atoms with van der Waals surface area (Å²) in [5.41, 5.74) is 1.30. The molecule has 0 bridgehead atoms. The summed E-state index contributed by atoms with van der Waals surface area (Å²) in [7, 11) is 2.12. The zero-order valence-corrected chi connectivity index (χ0v) is 16.2. The molecule has 6 nitrogen and oxygen atoms in total.